The highest BCUT2D eigenvalue weighted by Gasteiger charge is 2.30. The van der Waals surface area contributed by atoms with Crippen molar-refractivity contribution in [2.75, 3.05) is 0 Å². The van der Waals surface area contributed by atoms with Crippen LogP contribution in [0.4, 0.5) is 0 Å². The van der Waals surface area contributed by atoms with Gasteiger partial charge in [-0.2, -0.15) is 5.26 Å². The van der Waals surface area contributed by atoms with Crippen LogP contribution in [0.1, 0.15) is 35.3 Å². The van der Waals surface area contributed by atoms with E-state index in [0.717, 1.165) is 22.4 Å². The number of hydrogen-bond donors (Lipinski definition) is 0. The SMILES string of the molecule is N#Cc1ccc(Sc2nnc(Cc3cccs3)n2C2CC2)nn1. The van der Waals surface area contributed by atoms with Crippen molar-refractivity contribution in [3.05, 3.63) is 46.0 Å². The molecule has 3 aromatic rings. The highest BCUT2D eigenvalue weighted by Crippen LogP contribution is 2.40. The molecule has 8 heteroatoms. The Morgan fingerprint density at radius 1 is 1.22 bits per heavy atom. The van der Waals surface area contributed by atoms with E-state index in [1.54, 1.807) is 23.5 Å². The average Bonchev–Trinajstić information content (AvgIpc) is 3.14. The maximum absolute atomic E-state index is 8.78. The predicted molar refractivity (Wildman–Crippen MR) is 86.3 cm³/mol. The van der Waals surface area contributed by atoms with Crippen LogP contribution < -0.4 is 0 Å². The molecule has 23 heavy (non-hydrogen) atoms. The van der Waals surface area contributed by atoms with Crippen molar-refractivity contribution in [1.82, 2.24) is 25.0 Å². The largest absolute Gasteiger partial charge is 0.302 e. The highest BCUT2D eigenvalue weighted by atomic mass is 32.2. The molecule has 1 fully saturated rings. The highest BCUT2D eigenvalue weighted by molar-refractivity contribution is 7.99. The van der Waals surface area contributed by atoms with Gasteiger partial charge in [-0.05, 0) is 48.2 Å². The van der Waals surface area contributed by atoms with Crippen molar-refractivity contribution in [3.63, 3.8) is 0 Å². The summed E-state index contributed by atoms with van der Waals surface area (Å²) >= 11 is 3.18. The summed E-state index contributed by atoms with van der Waals surface area (Å²) in [4.78, 5) is 1.29. The maximum Gasteiger partial charge on any atom is 0.197 e. The van der Waals surface area contributed by atoms with Gasteiger partial charge in [0.1, 0.15) is 16.9 Å². The van der Waals surface area contributed by atoms with Gasteiger partial charge in [0, 0.05) is 17.3 Å². The van der Waals surface area contributed by atoms with E-state index in [4.69, 9.17) is 5.26 Å². The minimum atomic E-state index is 0.316. The van der Waals surface area contributed by atoms with Crippen LogP contribution in [0.25, 0.3) is 0 Å². The Balaban J connectivity index is 1.60. The fourth-order valence-corrected chi connectivity index (χ4v) is 3.83. The molecule has 0 aromatic carbocycles. The molecule has 0 aliphatic heterocycles. The monoisotopic (exact) mass is 340 g/mol. The Bertz CT molecular complexity index is 843. The van der Waals surface area contributed by atoms with E-state index in [2.05, 4.69) is 42.5 Å². The van der Waals surface area contributed by atoms with Gasteiger partial charge in [-0.1, -0.05) is 6.07 Å². The number of thiophene rings is 1. The van der Waals surface area contributed by atoms with E-state index in [1.807, 2.05) is 6.07 Å². The van der Waals surface area contributed by atoms with E-state index in [0.29, 0.717) is 11.7 Å². The minimum Gasteiger partial charge on any atom is -0.302 e. The van der Waals surface area contributed by atoms with Gasteiger partial charge in [0.25, 0.3) is 0 Å². The molecule has 0 unspecified atom stereocenters. The lowest BCUT2D eigenvalue weighted by Crippen LogP contribution is -2.03. The van der Waals surface area contributed by atoms with Crippen molar-refractivity contribution >= 4 is 23.1 Å². The summed E-state index contributed by atoms with van der Waals surface area (Å²) in [5.74, 6) is 0.999. The Morgan fingerprint density at radius 2 is 2.13 bits per heavy atom. The van der Waals surface area contributed by atoms with Crippen molar-refractivity contribution < 1.29 is 0 Å². The van der Waals surface area contributed by atoms with Crippen LogP contribution in [0.15, 0.2) is 39.8 Å². The summed E-state index contributed by atoms with van der Waals surface area (Å²) in [6.45, 7) is 0. The van der Waals surface area contributed by atoms with Gasteiger partial charge in [-0.15, -0.1) is 31.7 Å². The topological polar surface area (TPSA) is 80.3 Å². The van der Waals surface area contributed by atoms with Crippen LogP contribution >= 0.6 is 23.1 Å². The summed E-state index contributed by atoms with van der Waals surface area (Å²) in [5.41, 5.74) is 0.316. The Labute approximate surface area is 141 Å². The van der Waals surface area contributed by atoms with Gasteiger partial charge in [0.2, 0.25) is 0 Å². The Hall–Kier alpha value is -2.24. The number of hydrogen-bond acceptors (Lipinski definition) is 7. The lowest BCUT2D eigenvalue weighted by molar-refractivity contribution is 0.634. The maximum atomic E-state index is 8.78. The third-order valence-corrected chi connectivity index (χ3v) is 5.27. The molecule has 4 rings (SSSR count). The zero-order chi connectivity index (χ0) is 15.6. The average molecular weight is 340 g/mol. The summed E-state index contributed by atoms with van der Waals surface area (Å²) in [6, 6.07) is 10.1. The normalized spacial score (nSPS) is 13.9. The molecule has 3 aromatic heterocycles. The van der Waals surface area contributed by atoms with Gasteiger partial charge >= 0.3 is 0 Å². The quantitative estimate of drug-likeness (QED) is 0.710. The first kappa shape index (κ1) is 14.4. The number of nitrogens with zero attached hydrogens (tertiary/aromatic N) is 6. The first-order chi connectivity index (χ1) is 11.3. The number of nitriles is 1. The van der Waals surface area contributed by atoms with E-state index >= 15 is 0 Å². The first-order valence-corrected chi connectivity index (χ1v) is 8.91. The molecule has 114 valence electrons. The fraction of sp³-hybridized carbons (Fsp3) is 0.267. The fourth-order valence-electron chi connectivity index (χ4n) is 2.29. The van der Waals surface area contributed by atoms with E-state index < -0.39 is 0 Å². The van der Waals surface area contributed by atoms with Crippen LogP contribution in [-0.2, 0) is 6.42 Å². The zero-order valence-electron chi connectivity index (χ0n) is 12.1. The smallest absolute Gasteiger partial charge is 0.197 e. The summed E-state index contributed by atoms with van der Waals surface area (Å²) < 4.78 is 2.23. The van der Waals surface area contributed by atoms with Crippen molar-refractivity contribution in [3.8, 4) is 6.07 Å². The van der Waals surface area contributed by atoms with Gasteiger partial charge < -0.3 is 4.57 Å². The minimum absolute atomic E-state index is 0.316. The molecule has 1 saturated carbocycles. The van der Waals surface area contributed by atoms with E-state index in [9.17, 15) is 0 Å². The van der Waals surface area contributed by atoms with Gasteiger partial charge in [0.05, 0.1) is 0 Å². The molecule has 3 heterocycles. The van der Waals surface area contributed by atoms with Gasteiger partial charge in [0.15, 0.2) is 10.9 Å². The van der Waals surface area contributed by atoms with Gasteiger partial charge in [-0.3, -0.25) is 0 Å². The molecular weight excluding hydrogens is 328 g/mol. The predicted octanol–water partition coefficient (Wildman–Crippen LogP) is 3.08. The number of aromatic nitrogens is 5. The molecule has 0 bridgehead atoms. The Morgan fingerprint density at radius 3 is 2.78 bits per heavy atom. The molecular formula is C15H12N6S2. The standard InChI is InChI=1S/C15H12N6S2/c16-9-10-3-6-14(19-17-10)23-15-20-18-13(21(15)11-4-5-11)8-12-2-1-7-22-12/h1-3,6-7,11H,4-5,8H2. The van der Waals surface area contributed by atoms with Crippen molar-refractivity contribution in [2.24, 2.45) is 0 Å². The van der Waals surface area contributed by atoms with Crippen LogP contribution in [-0.4, -0.2) is 25.0 Å². The molecule has 0 spiro atoms. The summed E-state index contributed by atoms with van der Waals surface area (Å²) in [5, 5.41) is 29.1. The molecule has 6 nitrogen and oxygen atoms in total. The van der Waals surface area contributed by atoms with Crippen molar-refractivity contribution in [1.29, 1.82) is 5.26 Å². The zero-order valence-corrected chi connectivity index (χ0v) is 13.7. The second kappa shape index (κ2) is 6.10. The lowest BCUT2D eigenvalue weighted by Gasteiger charge is -2.07. The molecule has 0 N–H and O–H groups in total. The van der Waals surface area contributed by atoms with Crippen molar-refractivity contribution in [2.45, 2.75) is 35.5 Å². The third-order valence-electron chi connectivity index (χ3n) is 3.51. The van der Waals surface area contributed by atoms with Crippen LogP contribution in [0, 0.1) is 11.3 Å². The third kappa shape index (κ3) is 3.11. The lowest BCUT2D eigenvalue weighted by atomic mass is 10.3. The first-order valence-electron chi connectivity index (χ1n) is 7.21. The second-order valence-corrected chi connectivity index (χ2v) is 7.25. The molecule has 0 atom stereocenters. The molecule has 0 amide bonds. The molecule has 0 radical (unpaired) electrons. The van der Waals surface area contributed by atoms with E-state index in [1.165, 1.54) is 29.5 Å². The molecule has 1 aliphatic rings. The number of rotatable bonds is 5. The van der Waals surface area contributed by atoms with Crippen LogP contribution in [0.2, 0.25) is 0 Å². The van der Waals surface area contributed by atoms with Crippen LogP contribution in [0.5, 0.6) is 0 Å². The van der Waals surface area contributed by atoms with Gasteiger partial charge in [-0.25, -0.2) is 0 Å². The van der Waals surface area contributed by atoms with E-state index in [-0.39, 0.29) is 0 Å². The van der Waals surface area contributed by atoms with Crippen LogP contribution in [0.3, 0.4) is 0 Å². The Kier molecular flexibility index (Phi) is 3.81. The summed E-state index contributed by atoms with van der Waals surface area (Å²) in [6.07, 6.45) is 3.14. The molecule has 1 aliphatic carbocycles. The second-order valence-electron chi connectivity index (χ2n) is 5.23. The molecule has 0 saturated heterocycles. The summed E-state index contributed by atoms with van der Waals surface area (Å²) in [7, 11) is 0.